The number of aliphatic imine (C=N–C) groups is 1. The molecule has 1 heterocycles. The van der Waals surface area contributed by atoms with Gasteiger partial charge in [0.15, 0.2) is 5.96 Å². The Morgan fingerprint density at radius 2 is 2.09 bits per heavy atom. The number of amides is 1. The van der Waals surface area contributed by atoms with Crippen molar-refractivity contribution < 1.29 is 14.3 Å². The van der Waals surface area contributed by atoms with Crippen molar-refractivity contribution in [2.75, 3.05) is 45.3 Å². The van der Waals surface area contributed by atoms with E-state index < -0.39 is 0 Å². The van der Waals surface area contributed by atoms with E-state index in [1.54, 1.807) is 12.0 Å². The summed E-state index contributed by atoms with van der Waals surface area (Å²) in [7, 11) is 1.63. The topological polar surface area (TPSA) is 89.2 Å². The number of nitrogens with zero attached hydrogens (tertiary/aromatic N) is 2. The summed E-state index contributed by atoms with van der Waals surface area (Å²) >= 11 is 0. The first-order valence-corrected chi connectivity index (χ1v) is 7.20. The summed E-state index contributed by atoms with van der Waals surface area (Å²) in [6.07, 6.45) is 0. The number of nitrogens with two attached hydrogens (primary N) is 1. The molecule has 3 N–H and O–H groups in total. The van der Waals surface area contributed by atoms with Crippen LogP contribution in [0, 0.1) is 0 Å². The summed E-state index contributed by atoms with van der Waals surface area (Å²) in [6, 6.07) is 7.65. The van der Waals surface area contributed by atoms with Crippen molar-refractivity contribution in [3.05, 3.63) is 29.8 Å². The maximum Gasteiger partial charge on any atom is 0.244 e. The van der Waals surface area contributed by atoms with Gasteiger partial charge in [-0.15, -0.1) is 24.0 Å². The predicted molar refractivity (Wildman–Crippen MR) is 100 cm³/mol. The van der Waals surface area contributed by atoms with Crippen molar-refractivity contribution in [1.29, 1.82) is 0 Å². The molecule has 1 saturated heterocycles. The molecule has 1 aromatic rings. The van der Waals surface area contributed by atoms with Gasteiger partial charge in [0, 0.05) is 31.5 Å². The van der Waals surface area contributed by atoms with Gasteiger partial charge in [0.1, 0.15) is 6.54 Å². The highest BCUT2D eigenvalue weighted by atomic mass is 127. The molecule has 0 spiro atoms. The second kappa shape index (κ2) is 10.4. The Balaban J connectivity index is 0.00000264. The molecule has 0 bridgehead atoms. The van der Waals surface area contributed by atoms with Gasteiger partial charge in [0.05, 0.1) is 19.8 Å². The van der Waals surface area contributed by atoms with Gasteiger partial charge in [-0.1, -0.05) is 18.2 Å². The number of guanidine groups is 1. The van der Waals surface area contributed by atoms with Crippen molar-refractivity contribution in [3.63, 3.8) is 0 Å². The van der Waals surface area contributed by atoms with E-state index in [1.807, 2.05) is 24.3 Å². The van der Waals surface area contributed by atoms with Gasteiger partial charge >= 0.3 is 0 Å². The van der Waals surface area contributed by atoms with Gasteiger partial charge in [0.2, 0.25) is 5.91 Å². The number of ether oxygens (including phenoxy) is 2. The van der Waals surface area contributed by atoms with Crippen molar-refractivity contribution >= 4 is 41.5 Å². The van der Waals surface area contributed by atoms with Crippen LogP contribution in [0.25, 0.3) is 0 Å². The molecule has 0 radical (unpaired) electrons. The van der Waals surface area contributed by atoms with Gasteiger partial charge in [-0.2, -0.15) is 0 Å². The first-order valence-electron chi connectivity index (χ1n) is 7.20. The second-order valence-electron chi connectivity index (χ2n) is 4.91. The number of carbonyl (C=O) groups excluding carboxylic acids is 1. The summed E-state index contributed by atoms with van der Waals surface area (Å²) in [5.41, 5.74) is 7.65. The maximum absolute atomic E-state index is 12.0. The maximum atomic E-state index is 12.0. The highest BCUT2D eigenvalue weighted by Crippen LogP contribution is 2.15. The highest BCUT2D eigenvalue weighted by Gasteiger charge is 2.16. The smallest absolute Gasteiger partial charge is 0.244 e. The zero-order chi connectivity index (χ0) is 15.8. The average molecular weight is 434 g/mol. The molecule has 2 rings (SSSR count). The van der Waals surface area contributed by atoms with Crippen LogP contribution in [-0.4, -0.2) is 56.7 Å². The fraction of sp³-hybridized carbons (Fsp3) is 0.467. The number of methoxy groups -OCH3 is 1. The molecular weight excluding hydrogens is 411 g/mol. The Labute approximate surface area is 153 Å². The molecule has 8 heteroatoms. The van der Waals surface area contributed by atoms with Crippen LogP contribution in [0.4, 0.5) is 5.69 Å². The van der Waals surface area contributed by atoms with Crippen LogP contribution in [-0.2, 0) is 20.9 Å². The summed E-state index contributed by atoms with van der Waals surface area (Å²) in [5.74, 6) is 0.170. The molecule has 128 valence electrons. The van der Waals surface area contributed by atoms with E-state index in [4.69, 9.17) is 15.2 Å². The Hall–Kier alpha value is -1.39. The van der Waals surface area contributed by atoms with E-state index in [9.17, 15) is 4.79 Å². The van der Waals surface area contributed by atoms with Crippen LogP contribution >= 0.6 is 24.0 Å². The average Bonchev–Trinajstić information content (AvgIpc) is 2.55. The van der Waals surface area contributed by atoms with Gasteiger partial charge in [-0.25, -0.2) is 4.99 Å². The van der Waals surface area contributed by atoms with E-state index in [2.05, 4.69) is 10.3 Å². The number of carbonyl (C=O) groups is 1. The molecule has 1 amide bonds. The van der Waals surface area contributed by atoms with Crippen molar-refractivity contribution in [2.45, 2.75) is 6.61 Å². The summed E-state index contributed by atoms with van der Waals surface area (Å²) in [5, 5.41) is 3.01. The fourth-order valence-electron chi connectivity index (χ4n) is 2.17. The molecule has 0 atom stereocenters. The SMILES string of the molecule is COCc1ccccc1NC(N)=NCC(=O)N1CCOCC1.I. The quantitative estimate of drug-likeness (QED) is 0.411. The van der Waals surface area contributed by atoms with Gasteiger partial charge in [0.25, 0.3) is 0 Å². The minimum Gasteiger partial charge on any atom is -0.380 e. The van der Waals surface area contributed by atoms with Crippen LogP contribution in [0.2, 0.25) is 0 Å². The normalized spacial score (nSPS) is 15.0. The first kappa shape index (κ1) is 19.7. The number of rotatable bonds is 5. The van der Waals surface area contributed by atoms with Gasteiger partial charge in [-0.3, -0.25) is 4.79 Å². The Morgan fingerprint density at radius 1 is 1.39 bits per heavy atom. The van der Waals surface area contributed by atoms with Crippen LogP contribution in [0.1, 0.15) is 5.56 Å². The minimum atomic E-state index is -0.0433. The molecular formula is C15H23IN4O3. The molecule has 1 fully saturated rings. The number of nitrogens with one attached hydrogen (secondary N) is 1. The number of benzene rings is 1. The molecule has 0 aliphatic carbocycles. The van der Waals surface area contributed by atoms with E-state index in [0.29, 0.717) is 32.9 Å². The lowest BCUT2D eigenvalue weighted by Crippen LogP contribution is -2.42. The third-order valence-electron chi connectivity index (χ3n) is 3.33. The van der Waals surface area contributed by atoms with Crippen LogP contribution < -0.4 is 11.1 Å². The summed E-state index contributed by atoms with van der Waals surface area (Å²) < 4.78 is 10.3. The number of morpholine rings is 1. The van der Waals surface area contributed by atoms with Gasteiger partial charge < -0.3 is 25.4 Å². The molecule has 0 unspecified atom stereocenters. The Morgan fingerprint density at radius 3 is 2.78 bits per heavy atom. The number of hydrogen-bond donors (Lipinski definition) is 2. The number of anilines is 1. The first-order chi connectivity index (χ1) is 10.7. The summed E-state index contributed by atoms with van der Waals surface area (Å²) in [4.78, 5) is 17.8. The lowest BCUT2D eigenvalue weighted by molar-refractivity contribution is -0.133. The zero-order valence-corrected chi connectivity index (χ0v) is 15.5. The molecule has 7 nitrogen and oxygen atoms in total. The van der Waals surface area contributed by atoms with E-state index in [1.165, 1.54) is 0 Å². The Kier molecular flexibility index (Phi) is 8.89. The predicted octanol–water partition coefficient (Wildman–Crippen LogP) is 1.04. The molecule has 1 aromatic carbocycles. The van der Waals surface area contributed by atoms with Crippen molar-refractivity contribution in [2.24, 2.45) is 10.7 Å². The Bertz CT molecular complexity index is 533. The van der Waals surface area contributed by atoms with Crippen molar-refractivity contribution in [1.82, 2.24) is 4.90 Å². The van der Waals surface area contributed by atoms with Gasteiger partial charge in [-0.05, 0) is 6.07 Å². The molecule has 0 saturated carbocycles. The monoisotopic (exact) mass is 434 g/mol. The minimum absolute atomic E-state index is 0. The van der Waals surface area contributed by atoms with E-state index >= 15 is 0 Å². The molecule has 23 heavy (non-hydrogen) atoms. The number of halogens is 1. The zero-order valence-electron chi connectivity index (χ0n) is 13.2. The third-order valence-corrected chi connectivity index (χ3v) is 3.33. The van der Waals surface area contributed by atoms with Crippen molar-refractivity contribution in [3.8, 4) is 0 Å². The second-order valence-corrected chi connectivity index (χ2v) is 4.91. The lowest BCUT2D eigenvalue weighted by Gasteiger charge is -2.26. The van der Waals surface area contributed by atoms with E-state index in [0.717, 1.165) is 11.3 Å². The van der Waals surface area contributed by atoms with Crippen LogP contribution in [0.5, 0.6) is 0 Å². The number of para-hydroxylation sites is 1. The molecule has 1 aliphatic heterocycles. The molecule has 0 aromatic heterocycles. The third kappa shape index (κ3) is 6.32. The lowest BCUT2D eigenvalue weighted by atomic mass is 10.2. The molecule has 1 aliphatic rings. The fourth-order valence-corrected chi connectivity index (χ4v) is 2.17. The highest BCUT2D eigenvalue weighted by molar-refractivity contribution is 14.0. The van der Waals surface area contributed by atoms with Crippen LogP contribution in [0.3, 0.4) is 0 Å². The number of hydrogen-bond acceptors (Lipinski definition) is 4. The van der Waals surface area contributed by atoms with E-state index in [-0.39, 0.29) is 42.4 Å². The standard InChI is InChI=1S/C15H22N4O3.HI/c1-21-11-12-4-2-3-5-13(12)18-15(16)17-10-14(20)19-6-8-22-9-7-19;/h2-5H,6-11H2,1H3,(H3,16,17,18);1H. The van der Waals surface area contributed by atoms with Crippen LogP contribution in [0.15, 0.2) is 29.3 Å². The largest absolute Gasteiger partial charge is 0.380 e. The summed E-state index contributed by atoms with van der Waals surface area (Å²) in [6.45, 7) is 2.88.